The summed E-state index contributed by atoms with van der Waals surface area (Å²) < 4.78 is 0. The fourth-order valence-corrected chi connectivity index (χ4v) is 4.02. The highest BCUT2D eigenvalue weighted by Crippen LogP contribution is 2.35. The molecule has 128 valence electrons. The molecule has 0 aliphatic carbocycles. The molecule has 2 aromatic carbocycles. The van der Waals surface area contributed by atoms with Crippen molar-refractivity contribution in [1.29, 1.82) is 0 Å². The number of benzene rings is 2. The molecule has 0 radical (unpaired) electrons. The van der Waals surface area contributed by atoms with E-state index in [0.717, 1.165) is 42.4 Å². The van der Waals surface area contributed by atoms with Crippen LogP contribution in [-0.2, 0) is 6.42 Å². The van der Waals surface area contributed by atoms with Crippen LogP contribution in [0, 0.1) is 0 Å². The number of primary amides is 1. The predicted molar refractivity (Wildman–Crippen MR) is 102 cm³/mol. The summed E-state index contributed by atoms with van der Waals surface area (Å²) in [7, 11) is 0. The molecule has 3 aromatic rings. The van der Waals surface area contributed by atoms with Crippen molar-refractivity contribution in [2.45, 2.75) is 31.7 Å². The van der Waals surface area contributed by atoms with Crippen molar-refractivity contribution < 1.29 is 4.79 Å². The molecule has 1 unspecified atom stereocenters. The maximum Gasteiger partial charge on any atom is 0.250 e. The summed E-state index contributed by atoms with van der Waals surface area (Å²) in [6.07, 6.45) is 6.41. The molecule has 1 saturated heterocycles. The van der Waals surface area contributed by atoms with Gasteiger partial charge in [0.25, 0.3) is 5.91 Å². The average molecular weight is 333 g/mol. The van der Waals surface area contributed by atoms with E-state index in [1.165, 1.54) is 12.0 Å². The first-order valence-electron chi connectivity index (χ1n) is 8.94. The van der Waals surface area contributed by atoms with Crippen LogP contribution in [0.1, 0.15) is 35.2 Å². The second kappa shape index (κ2) is 6.63. The average Bonchev–Trinajstić information content (AvgIpc) is 3.11. The topological polar surface area (TPSA) is 62.1 Å². The molecule has 4 nitrogen and oxygen atoms in total. The predicted octanol–water partition coefficient (Wildman–Crippen LogP) is 3.87. The highest BCUT2D eigenvalue weighted by atomic mass is 16.1. The lowest BCUT2D eigenvalue weighted by Gasteiger charge is -2.39. The van der Waals surface area contributed by atoms with Crippen molar-refractivity contribution >= 4 is 22.5 Å². The molecule has 4 heteroatoms. The van der Waals surface area contributed by atoms with Crippen molar-refractivity contribution in [3.8, 4) is 0 Å². The van der Waals surface area contributed by atoms with Gasteiger partial charge in [0.15, 0.2) is 0 Å². The summed E-state index contributed by atoms with van der Waals surface area (Å²) in [5, 5.41) is 1.08. The summed E-state index contributed by atoms with van der Waals surface area (Å²) in [6.45, 7) is 0.960. The number of nitrogens with two attached hydrogens (primary N) is 1. The Bertz CT molecular complexity index is 885. The molecule has 1 fully saturated rings. The Kier molecular flexibility index (Phi) is 4.18. The van der Waals surface area contributed by atoms with Crippen LogP contribution in [0.5, 0.6) is 0 Å². The minimum absolute atomic E-state index is 0.359. The first-order valence-corrected chi connectivity index (χ1v) is 8.94. The number of hydrogen-bond donors (Lipinski definition) is 2. The van der Waals surface area contributed by atoms with E-state index >= 15 is 0 Å². The minimum atomic E-state index is -0.359. The quantitative estimate of drug-likeness (QED) is 0.761. The number of amides is 1. The van der Waals surface area contributed by atoms with Crippen molar-refractivity contribution in [3.05, 3.63) is 65.9 Å². The summed E-state index contributed by atoms with van der Waals surface area (Å²) >= 11 is 0. The lowest BCUT2D eigenvalue weighted by molar-refractivity contribution is 0.100. The van der Waals surface area contributed by atoms with Gasteiger partial charge in [0.2, 0.25) is 0 Å². The van der Waals surface area contributed by atoms with E-state index in [4.69, 9.17) is 5.73 Å². The van der Waals surface area contributed by atoms with Crippen LogP contribution in [0.15, 0.2) is 54.7 Å². The Labute approximate surface area is 147 Å². The third kappa shape index (κ3) is 3.00. The fourth-order valence-electron chi connectivity index (χ4n) is 4.02. The maximum atomic E-state index is 12.1. The van der Waals surface area contributed by atoms with E-state index in [1.807, 2.05) is 30.5 Å². The number of H-pyrrole nitrogens is 1. The van der Waals surface area contributed by atoms with Gasteiger partial charge in [-0.25, -0.2) is 0 Å². The van der Waals surface area contributed by atoms with E-state index in [-0.39, 0.29) is 5.91 Å². The summed E-state index contributed by atoms with van der Waals surface area (Å²) in [4.78, 5) is 17.7. The molecule has 0 bridgehead atoms. The molecular weight excluding hydrogens is 310 g/mol. The zero-order valence-corrected chi connectivity index (χ0v) is 14.2. The van der Waals surface area contributed by atoms with Gasteiger partial charge in [-0.3, -0.25) is 4.79 Å². The number of nitrogens with one attached hydrogen (secondary N) is 1. The number of nitrogens with zero attached hydrogens (tertiary/aromatic N) is 1. The molecule has 1 aromatic heterocycles. The number of fused-ring (bicyclic) bond motifs is 1. The first-order chi connectivity index (χ1) is 12.2. The van der Waals surface area contributed by atoms with E-state index in [2.05, 4.69) is 34.1 Å². The SMILES string of the molecule is NC(=O)c1ccc2[nH]ccc2c1N1CCCCC1Cc1ccccc1. The second-order valence-electron chi connectivity index (χ2n) is 6.80. The fraction of sp³-hybridized carbons (Fsp3) is 0.286. The molecule has 1 atom stereocenters. The van der Waals surface area contributed by atoms with E-state index in [9.17, 15) is 4.79 Å². The van der Waals surface area contributed by atoms with Crippen molar-refractivity contribution in [1.82, 2.24) is 4.98 Å². The van der Waals surface area contributed by atoms with Crippen LogP contribution < -0.4 is 10.6 Å². The number of piperidine rings is 1. The third-order valence-corrected chi connectivity index (χ3v) is 5.20. The Hall–Kier alpha value is -2.75. The van der Waals surface area contributed by atoms with Gasteiger partial charge in [-0.05, 0) is 49.4 Å². The molecule has 1 aliphatic rings. The third-order valence-electron chi connectivity index (χ3n) is 5.20. The Balaban J connectivity index is 1.78. The number of aromatic amines is 1. The van der Waals surface area contributed by atoms with Gasteiger partial charge in [-0.2, -0.15) is 0 Å². The number of hydrogen-bond acceptors (Lipinski definition) is 2. The number of carbonyl (C=O) groups excluding carboxylic acids is 1. The Morgan fingerprint density at radius 3 is 2.76 bits per heavy atom. The summed E-state index contributed by atoms with van der Waals surface area (Å²) in [5.74, 6) is -0.359. The Morgan fingerprint density at radius 1 is 1.12 bits per heavy atom. The van der Waals surface area contributed by atoms with Crippen molar-refractivity contribution in [2.75, 3.05) is 11.4 Å². The van der Waals surface area contributed by atoms with Crippen LogP contribution in [0.25, 0.3) is 10.9 Å². The normalized spacial score (nSPS) is 17.8. The van der Waals surface area contributed by atoms with E-state index < -0.39 is 0 Å². The second-order valence-corrected chi connectivity index (χ2v) is 6.80. The van der Waals surface area contributed by atoms with Gasteiger partial charge in [0, 0.05) is 29.7 Å². The molecular formula is C21H23N3O. The minimum Gasteiger partial charge on any atom is -0.367 e. The maximum absolute atomic E-state index is 12.1. The van der Waals surface area contributed by atoms with Gasteiger partial charge in [-0.15, -0.1) is 0 Å². The molecule has 25 heavy (non-hydrogen) atoms. The lowest BCUT2D eigenvalue weighted by Crippen LogP contribution is -2.42. The molecule has 0 saturated carbocycles. The first kappa shape index (κ1) is 15.8. The van der Waals surface area contributed by atoms with Crippen LogP contribution in [0.4, 0.5) is 5.69 Å². The van der Waals surface area contributed by atoms with E-state index in [0.29, 0.717) is 11.6 Å². The van der Waals surface area contributed by atoms with Gasteiger partial charge >= 0.3 is 0 Å². The monoisotopic (exact) mass is 333 g/mol. The highest BCUT2D eigenvalue weighted by Gasteiger charge is 2.27. The highest BCUT2D eigenvalue weighted by molar-refractivity contribution is 6.07. The lowest BCUT2D eigenvalue weighted by atomic mass is 9.93. The zero-order valence-electron chi connectivity index (χ0n) is 14.2. The van der Waals surface area contributed by atoms with Gasteiger partial charge in [0.05, 0.1) is 11.3 Å². The molecule has 1 amide bonds. The van der Waals surface area contributed by atoms with Crippen LogP contribution in [0.2, 0.25) is 0 Å². The summed E-state index contributed by atoms with van der Waals surface area (Å²) in [5.41, 5.74) is 9.69. The molecule has 0 spiro atoms. The smallest absolute Gasteiger partial charge is 0.250 e. The molecule has 4 rings (SSSR count). The Morgan fingerprint density at radius 2 is 1.96 bits per heavy atom. The van der Waals surface area contributed by atoms with Crippen LogP contribution >= 0.6 is 0 Å². The zero-order chi connectivity index (χ0) is 17.2. The van der Waals surface area contributed by atoms with Crippen molar-refractivity contribution in [2.24, 2.45) is 5.73 Å². The van der Waals surface area contributed by atoms with Gasteiger partial charge in [0.1, 0.15) is 0 Å². The number of rotatable bonds is 4. The largest absolute Gasteiger partial charge is 0.367 e. The number of aromatic nitrogens is 1. The van der Waals surface area contributed by atoms with Crippen molar-refractivity contribution in [3.63, 3.8) is 0 Å². The molecule has 2 heterocycles. The summed E-state index contributed by atoms with van der Waals surface area (Å²) in [6, 6.07) is 16.8. The number of carbonyl (C=O) groups is 1. The van der Waals surface area contributed by atoms with Crippen LogP contribution in [0.3, 0.4) is 0 Å². The number of anilines is 1. The van der Waals surface area contributed by atoms with Gasteiger partial charge in [-0.1, -0.05) is 30.3 Å². The van der Waals surface area contributed by atoms with Gasteiger partial charge < -0.3 is 15.6 Å². The molecule has 1 aliphatic heterocycles. The molecule has 3 N–H and O–H groups in total. The van der Waals surface area contributed by atoms with Crippen LogP contribution in [-0.4, -0.2) is 23.5 Å². The standard InChI is InChI=1S/C21H23N3O/c22-21(25)18-9-10-19-17(11-12-23-19)20(18)24-13-5-4-8-16(24)14-15-6-2-1-3-7-15/h1-3,6-7,9-12,16,23H,4-5,8,13-14H2,(H2,22,25). The van der Waals surface area contributed by atoms with E-state index in [1.54, 1.807) is 0 Å².